The van der Waals surface area contributed by atoms with Gasteiger partial charge >= 0.3 is 0 Å². The van der Waals surface area contributed by atoms with E-state index in [0.717, 1.165) is 6.54 Å². The van der Waals surface area contributed by atoms with Gasteiger partial charge in [-0.25, -0.2) is 0 Å². The Kier molecular flexibility index (Phi) is 3.80. The predicted octanol–water partition coefficient (Wildman–Crippen LogP) is 4.59. The summed E-state index contributed by atoms with van der Waals surface area (Å²) in [5.41, 5.74) is 2.72. The van der Waals surface area contributed by atoms with Gasteiger partial charge in [-0.2, -0.15) is 0 Å². The third-order valence-electron chi connectivity index (χ3n) is 3.18. The lowest BCUT2D eigenvalue weighted by Crippen LogP contribution is -2.12. The first-order valence-electron chi connectivity index (χ1n) is 6.04. The molecular formula is C15H14INS. The molecule has 1 aliphatic heterocycles. The topological polar surface area (TPSA) is 12.0 Å². The van der Waals surface area contributed by atoms with Crippen LogP contribution in [0.25, 0.3) is 0 Å². The van der Waals surface area contributed by atoms with Gasteiger partial charge in [0.15, 0.2) is 0 Å². The van der Waals surface area contributed by atoms with E-state index in [4.69, 9.17) is 0 Å². The zero-order chi connectivity index (χ0) is 12.4. The molecule has 0 radical (unpaired) electrons. The van der Waals surface area contributed by atoms with Gasteiger partial charge in [0.25, 0.3) is 0 Å². The number of thioether (sulfide) groups is 1. The first-order valence-corrected chi connectivity index (χ1v) is 8.10. The maximum Gasteiger partial charge on any atom is 0.0350 e. The average Bonchev–Trinajstić information content (AvgIpc) is 2.80. The molecule has 0 aliphatic carbocycles. The van der Waals surface area contributed by atoms with Crippen molar-refractivity contribution in [1.29, 1.82) is 0 Å². The Morgan fingerprint density at radius 1 is 1.17 bits per heavy atom. The van der Waals surface area contributed by atoms with Gasteiger partial charge in [0.2, 0.25) is 0 Å². The number of hydrogen-bond acceptors (Lipinski definition) is 2. The van der Waals surface area contributed by atoms with Gasteiger partial charge in [-0.15, -0.1) is 11.8 Å². The maximum atomic E-state index is 3.55. The van der Waals surface area contributed by atoms with E-state index in [1.165, 1.54) is 25.5 Å². The zero-order valence-corrected chi connectivity index (χ0v) is 12.9. The fraction of sp³-hybridized carbons (Fsp3) is 0.200. The van der Waals surface area contributed by atoms with E-state index in [1.54, 1.807) is 0 Å². The molecule has 1 heterocycles. The smallest absolute Gasteiger partial charge is 0.0350 e. The Balaban J connectivity index is 1.69. The molecule has 1 unspecified atom stereocenters. The molecule has 1 atom stereocenters. The molecule has 2 aromatic rings. The average molecular weight is 367 g/mol. The highest BCUT2D eigenvalue weighted by atomic mass is 127. The summed E-state index contributed by atoms with van der Waals surface area (Å²) in [6.45, 7) is 1.02. The summed E-state index contributed by atoms with van der Waals surface area (Å²) >= 11 is 4.32. The van der Waals surface area contributed by atoms with E-state index < -0.39 is 0 Å². The Bertz CT molecular complexity index is 556. The highest BCUT2D eigenvalue weighted by Crippen LogP contribution is 2.39. The van der Waals surface area contributed by atoms with Crippen LogP contribution in [0.2, 0.25) is 0 Å². The third-order valence-corrected chi connectivity index (χ3v) is 5.10. The van der Waals surface area contributed by atoms with E-state index in [2.05, 4.69) is 76.4 Å². The zero-order valence-electron chi connectivity index (χ0n) is 9.90. The van der Waals surface area contributed by atoms with Crippen LogP contribution >= 0.6 is 34.4 Å². The number of rotatable bonds is 3. The van der Waals surface area contributed by atoms with Crippen molar-refractivity contribution in [3.63, 3.8) is 0 Å². The van der Waals surface area contributed by atoms with Crippen LogP contribution in [0.4, 0.5) is 5.69 Å². The van der Waals surface area contributed by atoms with Gasteiger partial charge in [-0.1, -0.05) is 24.3 Å². The van der Waals surface area contributed by atoms with Crippen molar-refractivity contribution < 1.29 is 0 Å². The fourth-order valence-corrected chi connectivity index (χ4v) is 4.04. The van der Waals surface area contributed by atoms with Gasteiger partial charge in [0.05, 0.1) is 0 Å². The molecule has 1 aliphatic rings. The number of fused-ring (bicyclic) bond motifs is 1. The monoisotopic (exact) mass is 367 g/mol. The molecule has 92 valence electrons. The molecule has 2 aromatic carbocycles. The predicted molar refractivity (Wildman–Crippen MR) is 87.6 cm³/mol. The lowest BCUT2D eigenvalue weighted by molar-refractivity contribution is 0.819. The normalized spacial score (nSPS) is 17.5. The van der Waals surface area contributed by atoms with Crippen LogP contribution in [0.15, 0.2) is 53.4 Å². The lowest BCUT2D eigenvalue weighted by atomic mass is 10.0. The van der Waals surface area contributed by atoms with Crippen molar-refractivity contribution in [2.75, 3.05) is 17.6 Å². The molecule has 3 rings (SSSR count). The Hall–Kier alpha value is -0.680. The highest BCUT2D eigenvalue weighted by molar-refractivity contribution is 14.1. The molecule has 3 heteroatoms. The molecule has 0 fully saturated rings. The minimum Gasteiger partial charge on any atom is -0.384 e. The van der Waals surface area contributed by atoms with Crippen LogP contribution in [-0.2, 0) is 0 Å². The summed E-state index contributed by atoms with van der Waals surface area (Å²) < 4.78 is 1.28. The van der Waals surface area contributed by atoms with Crippen LogP contribution in [-0.4, -0.2) is 12.3 Å². The van der Waals surface area contributed by atoms with E-state index in [9.17, 15) is 0 Å². The first kappa shape index (κ1) is 12.4. The molecule has 0 aromatic heterocycles. The van der Waals surface area contributed by atoms with Gasteiger partial charge in [0.1, 0.15) is 0 Å². The summed E-state index contributed by atoms with van der Waals surface area (Å²) in [5.74, 6) is 1.82. The fourth-order valence-electron chi connectivity index (χ4n) is 2.24. The van der Waals surface area contributed by atoms with Crippen LogP contribution in [0.5, 0.6) is 0 Å². The Morgan fingerprint density at radius 3 is 2.94 bits per heavy atom. The molecule has 0 bridgehead atoms. The Labute approximate surface area is 126 Å². The molecule has 0 spiro atoms. The SMILES string of the molecule is Ic1cccc(NCC2CSc3ccccc32)c1. The van der Waals surface area contributed by atoms with Crippen molar-refractivity contribution in [1.82, 2.24) is 0 Å². The largest absolute Gasteiger partial charge is 0.384 e. The lowest BCUT2D eigenvalue weighted by Gasteiger charge is -2.13. The first-order chi connectivity index (χ1) is 8.83. The Morgan fingerprint density at radius 2 is 2.06 bits per heavy atom. The minimum absolute atomic E-state index is 0.629. The summed E-state index contributed by atoms with van der Waals surface area (Å²) in [6, 6.07) is 17.3. The summed E-state index contributed by atoms with van der Waals surface area (Å²) in [7, 11) is 0. The van der Waals surface area contributed by atoms with E-state index in [0.29, 0.717) is 5.92 Å². The molecule has 0 saturated heterocycles. The van der Waals surface area contributed by atoms with Gasteiger partial charge < -0.3 is 5.32 Å². The van der Waals surface area contributed by atoms with E-state index in [1.807, 2.05) is 11.8 Å². The van der Waals surface area contributed by atoms with Crippen molar-refractivity contribution in [3.05, 3.63) is 57.7 Å². The molecule has 0 saturated carbocycles. The second-order valence-electron chi connectivity index (χ2n) is 4.44. The quantitative estimate of drug-likeness (QED) is 0.797. The highest BCUT2D eigenvalue weighted by Gasteiger charge is 2.22. The van der Waals surface area contributed by atoms with Crippen molar-refractivity contribution >= 4 is 40.0 Å². The van der Waals surface area contributed by atoms with E-state index >= 15 is 0 Å². The molecule has 0 amide bonds. The van der Waals surface area contributed by atoms with Crippen LogP contribution in [0, 0.1) is 3.57 Å². The summed E-state index contributed by atoms with van der Waals surface area (Å²) in [6.07, 6.45) is 0. The van der Waals surface area contributed by atoms with Gasteiger partial charge in [-0.3, -0.25) is 0 Å². The van der Waals surface area contributed by atoms with Gasteiger partial charge in [0, 0.05) is 32.4 Å². The number of nitrogens with one attached hydrogen (secondary N) is 1. The minimum atomic E-state index is 0.629. The number of anilines is 1. The van der Waals surface area contributed by atoms with Crippen molar-refractivity contribution in [2.24, 2.45) is 0 Å². The van der Waals surface area contributed by atoms with Crippen molar-refractivity contribution in [2.45, 2.75) is 10.8 Å². The molecule has 18 heavy (non-hydrogen) atoms. The second kappa shape index (κ2) is 5.53. The van der Waals surface area contributed by atoms with Crippen LogP contribution in [0.3, 0.4) is 0 Å². The van der Waals surface area contributed by atoms with Crippen molar-refractivity contribution in [3.8, 4) is 0 Å². The third kappa shape index (κ3) is 2.67. The number of hydrogen-bond donors (Lipinski definition) is 1. The van der Waals surface area contributed by atoms with Crippen LogP contribution < -0.4 is 5.32 Å². The molecule has 1 nitrogen and oxygen atoms in total. The second-order valence-corrected chi connectivity index (χ2v) is 6.74. The van der Waals surface area contributed by atoms with Gasteiger partial charge in [-0.05, 0) is 52.4 Å². The molecular weight excluding hydrogens is 353 g/mol. The number of benzene rings is 2. The van der Waals surface area contributed by atoms with Crippen LogP contribution in [0.1, 0.15) is 11.5 Å². The van der Waals surface area contributed by atoms with E-state index in [-0.39, 0.29) is 0 Å². The summed E-state index contributed by atoms with van der Waals surface area (Å²) in [4.78, 5) is 1.45. The summed E-state index contributed by atoms with van der Waals surface area (Å²) in [5, 5.41) is 3.55. The number of halogens is 1. The molecule has 1 N–H and O–H groups in total. The maximum absolute atomic E-state index is 3.55. The standard InChI is InChI=1S/C15H14INS/c16-12-4-3-5-13(8-12)17-9-11-10-18-15-7-2-1-6-14(11)15/h1-8,11,17H,9-10H2.